The van der Waals surface area contributed by atoms with Gasteiger partial charge in [-0.3, -0.25) is 4.79 Å². The molecule has 4 saturated carbocycles. The van der Waals surface area contributed by atoms with Gasteiger partial charge in [0.1, 0.15) is 6.10 Å². The van der Waals surface area contributed by atoms with Crippen molar-refractivity contribution in [1.82, 2.24) is 0 Å². The van der Waals surface area contributed by atoms with Crippen LogP contribution in [0.4, 0.5) is 5.69 Å². The molecule has 3 nitrogen and oxygen atoms in total. The van der Waals surface area contributed by atoms with Crippen molar-refractivity contribution in [1.29, 1.82) is 0 Å². The molecule has 0 radical (unpaired) electrons. The zero-order chi connectivity index (χ0) is 32.0. The van der Waals surface area contributed by atoms with Gasteiger partial charge in [-0.15, -0.1) is 0 Å². The molecule has 0 bridgehead atoms. The Morgan fingerprint density at radius 3 is 2.36 bits per heavy atom. The predicted molar refractivity (Wildman–Crippen MR) is 209 cm³/mol. The van der Waals surface area contributed by atoms with E-state index in [1.807, 2.05) is 0 Å². The van der Waals surface area contributed by atoms with E-state index in [1.54, 1.807) is 0 Å². The van der Waals surface area contributed by atoms with Gasteiger partial charge in [-0.2, -0.15) is 0 Å². The number of carbonyl (C=O) groups excluding carboxylic acids is 1. The number of esters is 1. The third kappa shape index (κ3) is 7.03. The number of rotatable bonds is 10. The summed E-state index contributed by atoms with van der Waals surface area (Å²) in [5, 5.41) is 0. The first-order chi connectivity index (χ1) is 20.8. The van der Waals surface area contributed by atoms with E-state index in [1.165, 1.54) is 73.3 Å². The fraction of sp³-hybridized carbons (Fsp3) is 0.816. The van der Waals surface area contributed by atoms with Crippen LogP contribution in [0.25, 0.3) is 0 Å². The van der Waals surface area contributed by atoms with E-state index in [9.17, 15) is 4.79 Å². The lowest BCUT2D eigenvalue weighted by Crippen LogP contribution is -2.54. The smallest absolute Gasteiger partial charge is 0.309 e. The Hall–Kier alpha value is 0.680. The highest BCUT2D eigenvalue weighted by Gasteiger charge is 2.60. The van der Waals surface area contributed by atoms with Crippen molar-refractivity contribution in [2.45, 2.75) is 138 Å². The first-order valence-corrected chi connectivity index (χ1v) is 21.2. The number of benzene rings is 1. The van der Waals surface area contributed by atoms with Crippen LogP contribution in [0.3, 0.4) is 0 Å². The standard InChI is InChI=1S/C38H58I3NO2/c1-7-24(19-28-32(39)21-33(40)35(42)34(28)41)36(43)44-26-15-17-37(5)25(20-26)11-12-27-30-14-13-29(23(4)10-8-9-22(2)3)38(30,6)18-16-31(27)37/h21-27,29-31H,7-20,42H2,1-6H3/t23-,24?,25?,26+,27?,29-,30?,31?,37+,38-/m1/s1. The molecule has 5 rings (SSSR count). The molecular weight excluding hydrogens is 883 g/mol. The van der Waals surface area contributed by atoms with Gasteiger partial charge in [-0.1, -0.05) is 60.8 Å². The van der Waals surface area contributed by atoms with Gasteiger partial charge in [0.15, 0.2) is 0 Å². The minimum atomic E-state index is -0.111. The van der Waals surface area contributed by atoms with Gasteiger partial charge in [0.25, 0.3) is 0 Å². The third-order valence-electron chi connectivity index (χ3n) is 13.7. The summed E-state index contributed by atoms with van der Waals surface area (Å²) in [5.74, 6) is 5.93. The number of carbonyl (C=O) groups is 1. The Labute approximate surface area is 309 Å². The Bertz CT molecular complexity index is 1190. The van der Waals surface area contributed by atoms with Gasteiger partial charge in [-0.05, 0) is 202 Å². The number of ether oxygens (including phenoxy) is 1. The highest BCUT2D eigenvalue weighted by Crippen LogP contribution is 2.68. The summed E-state index contributed by atoms with van der Waals surface area (Å²) in [6, 6.07) is 2.14. The van der Waals surface area contributed by atoms with Crippen LogP contribution in [0.1, 0.15) is 131 Å². The maximum atomic E-state index is 13.6. The summed E-state index contributed by atoms with van der Waals surface area (Å²) >= 11 is 7.06. The van der Waals surface area contributed by atoms with Crippen LogP contribution in [0.5, 0.6) is 0 Å². The molecule has 0 spiro atoms. The number of anilines is 1. The maximum Gasteiger partial charge on any atom is 0.309 e. The van der Waals surface area contributed by atoms with Gasteiger partial charge in [0, 0.05) is 10.7 Å². The van der Waals surface area contributed by atoms with Crippen molar-refractivity contribution < 1.29 is 9.53 Å². The van der Waals surface area contributed by atoms with Crippen molar-refractivity contribution in [3.8, 4) is 0 Å². The van der Waals surface area contributed by atoms with E-state index in [-0.39, 0.29) is 18.0 Å². The molecule has 4 aliphatic rings. The molecule has 0 heterocycles. The number of fused-ring (bicyclic) bond motifs is 5. The summed E-state index contributed by atoms with van der Waals surface area (Å²) in [4.78, 5) is 13.6. The first-order valence-electron chi connectivity index (χ1n) is 17.9. The number of nitrogens with two attached hydrogens (primary N) is 1. The molecule has 5 unspecified atom stereocenters. The van der Waals surface area contributed by atoms with Gasteiger partial charge in [0.2, 0.25) is 0 Å². The molecule has 0 aliphatic heterocycles. The zero-order valence-corrected chi connectivity index (χ0v) is 34.7. The minimum Gasteiger partial charge on any atom is -0.462 e. The number of hydrogen-bond acceptors (Lipinski definition) is 3. The normalized spacial score (nSPS) is 36.3. The summed E-state index contributed by atoms with van der Waals surface area (Å²) in [7, 11) is 0. The lowest BCUT2D eigenvalue weighted by molar-refractivity contribution is -0.167. The van der Waals surface area contributed by atoms with Crippen LogP contribution >= 0.6 is 67.8 Å². The topological polar surface area (TPSA) is 52.3 Å². The minimum absolute atomic E-state index is 0.00598. The van der Waals surface area contributed by atoms with Gasteiger partial charge >= 0.3 is 5.97 Å². The van der Waals surface area contributed by atoms with Gasteiger partial charge in [0.05, 0.1) is 11.6 Å². The van der Waals surface area contributed by atoms with Crippen molar-refractivity contribution in [3.63, 3.8) is 0 Å². The fourth-order valence-electron chi connectivity index (χ4n) is 11.1. The van der Waals surface area contributed by atoms with Gasteiger partial charge < -0.3 is 10.5 Å². The van der Waals surface area contributed by atoms with Crippen molar-refractivity contribution >= 4 is 79.4 Å². The number of hydrogen-bond donors (Lipinski definition) is 1. The monoisotopic (exact) mass is 941 g/mol. The molecule has 44 heavy (non-hydrogen) atoms. The lowest BCUT2D eigenvalue weighted by atomic mass is 9.44. The predicted octanol–water partition coefficient (Wildman–Crippen LogP) is 11.7. The summed E-state index contributed by atoms with van der Waals surface area (Å²) in [5.41, 5.74) is 9.37. The molecule has 0 saturated heterocycles. The highest BCUT2D eigenvalue weighted by molar-refractivity contribution is 14.1. The Morgan fingerprint density at radius 2 is 1.66 bits per heavy atom. The van der Waals surface area contributed by atoms with Crippen molar-refractivity contribution in [2.75, 3.05) is 5.73 Å². The number of halogens is 3. The Kier molecular flexibility index (Phi) is 12.0. The SMILES string of the molecule is CCC(Cc1c(I)cc(I)c(N)c1I)C(=O)O[C@H]1CC[C@@]2(C)C(CCC3C2CC[C@@]2(C)C3CC[C@@H]2[C@H](C)CCCC(C)C)C1. The van der Waals surface area contributed by atoms with E-state index in [0.717, 1.165) is 67.6 Å². The zero-order valence-electron chi connectivity index (χ0n) is 28.2. The molecule has 4 fully saturated rings. The third-order valence-corrected chi connectivity index (χ3v) is 16.8. The molecule has 1 aromatic rings. The molecule has 4 aliphatic carbocycles. The quantitative estimate of drug-likeness (QED) is 0.144. The summed E-state index contributed by atoms with van der Waals surface area (Å²) in [6.45, 7) is 14.8. The van der Waals surface area contributed by atoms with E-state index in [0.29, 0.717) is 23.2 Å². The molecule has 10 atom stereocenters. The first kappa shape index (κ1) is 36.0. The highest BCUT2D eigenvalue weighted by atomic mass is 127. The van der Waals surface area contributed by atoms with E-state index < -0.39 is 0 Å². The molecule has 1 aromatic carbocycles. The Balaban J connectivity index is 1.20. The molecule has 0 aromatic heterocycles. The Morgan fingerprint density at radius 1 is 0.955 bits per heavy atom. The largest absolute Gasteiger partial charge is 0.462 e. The van der Waals surface area contributed by atoms with Crippen LogP contribution in [0.15, 0.2) is 6.07 Å². The average Bonchev–Trinajstić information content (AvgIpc) is 3.33. The second-order valence-electron chi connectivity index (χ2n) is 16.4. The summed E-state index contributed by atoms with van der Waals surface area (Å²) in [6.07, 6.45) is 17.7. The van der Waals surface area contributed by atoms with E-state index >= 15 is 0 Å². The van der Waals surface area contributed by atoms with Crippen LogP contribution < -0.4 is 5.73 Å². The molecule has 6 heteroatoms. The van der Waals surface area contributed by atoms with E-state index in [4.69, 9.17) is 10.5 Å². The van der Waals surface area contributed by atoms with Crippen molar-refractivity contribution in [2.24, 2.45) is 58.2 Å². The van der Waals surface area contributed by atoms with Crippen molar-refractivity contribution in [3.05, 3.63) is 22.3 Å². The summed E-state index contributed by atoms with van der Waals surface area (Å²) < 4.78 is 9.74. The van der Waals surface area contributed by atoms with E-state index in [2.05, 4.69) is 115 Å². The van der Waals surface area contributed by atoms with Crippen LogP contribution in [-0.4, -0.2) is 12.1 Å². The maximum absolute atomic E-state index is 13.6. The second-order valence-corrected chi connectivity index (χ2v) is 19.8. The van der Waals surface area contributed by atoms with Crippen LogP contribution in [0, 0.1) is 68.9 Å². The van der Waals surface area contributed by atoms with Gasteiger partial charge in [-0.25, -0.2) is 0 Å². The molecule has 248 valence electrons. The average molecular weight is 942 g/mol. The van der Waals surface area contributed by atoms with Crippen LogP contribution in [-0.2, 0) is 16.0 Å². The molecular formula is C38H58I3NO2. The molecule has 2 N–H and O–H groups in total. The fourth-order valence-corrected chi connectivity index (χ4v) is 14.9. The molecule has 0 amide bonds. The number of nitrogen functional groups attached to an aromatic ring is 1. The lowest BCUT2D eigenvalue weighted by Gasteiger charge is -2.61. The second kappa shape index (κ2) is 14.7. The van der Waals surface area contributed by atoms with Crippen LogP contribution in [0.2, 0.25) is 0 Å².